The van der Waals surface area contributed by atoms with Crippen LogP contribution in [0.25, 0.3) is 0 Å². The van der Waals surface area contributed by atoms with Gasteiger partial charge in [0, 0.05) is 17.8 Å². The van der Waals surface area contributed by atoms with Gasteiger partial charge >= 0.3 is 0 Å². The van der Waals surface area contributed by atoms with E-state index in [0.717, 1.165) is 30.8 Å². The van der Waals surface area contributed by atoms with Gasteiger partial charge in [-0.2, -0.15) is 0 Å². The van der Waals surface area contributed by atoms with Crippen LogP contribution in [0.3, 0.4) is 0 Å². The summed E-state index contributed by atoms with van der Waals surface area (Å²) in [7, 11) is 3.10. The second kappa shape index (κ2) is 8.08. The highest BCUT2D eigenvalue weighted by Gasteiger charge is 2.30. The number of pyridine rings is 1. The molecule has 1 aliphatic rings. The Labute approximate surface area is 153 Å². The topological polar surface area (TPSA) is 72.5 Å². The number of hydrogen-bond donors (Lipinski definition) is 2. The number of amides is 1. The maximum absolute atomic E-state index is 12.9. The van der Waals surface area contributed by atoms with Crippen LogP contribution < -0.4 is 20.1 Å². The number of anilines is 1. The van der Waals surface area contributed by atoms with E-state index in [2.05, 4.69) is 15.6 Å². The number of carbonyl (C=O) groups is 1. The fourth-order valence-corrected chi connectivity index (χ4v) is 3.43. The number of nitrogens with one attached hydrogen (secondary N) is 2. The van der Waals surface area contributed by atoms with E-state index in [1.165, 1.54) is 0 Å². The van der Waals surface area contributed by atoms with E-state index in [1.54, 1.807) is 32.4 Å². The number of rotatable bonds is 6. The number of nitrogens with zero attached hydrogens (tertiary/aromatic N) is 1. The van der Waals surface area contributed by atoms with Gasteiger partial charge in [-0.15, -0.1) is 0 Å². The fourth-order valence-electron chi connectivity index (χ4n) is 3.43. The van der Waals surface area contributed by atoms with Gasteiger partial charge < -0.3 is 20.1 Å². The lowest BCUT2D eigenvalue weighted by molar-refractivity contribution is 0.0929. The Morgan fingerprint density at radius 1 is 1.04 bits per heavy atom. The van der Waals surface area contributed by atoms with Crippen molar-refractivity contribution in [1.82, 2.24) is 10.3 Å². The first kappa shape index (κ1) is 18.0. The molecule has 0 saturated heterocycles. The number of aromatic nitrogens is 1. The van der Waals surface area contributed by atoms with E-state index in [0.29, 0.717) is 17.1 Å². The third-order valence-electron chi connectivity index (χ3n) is 4.71. The number of methoxy groups -OCH3 is 2. The van der Waals surface area contributed by atoms with Crippen molar-refractivity contribution in [2.75, 3.05) is 19.5 Å². The van der Waals surface area contributed by atoms with E-state index in [9.17, 15) is 4.79 Å². The van der Waals surface area contributed by atoms with Crippen LogP contribution in [0.5, 0.6) is 11.5 Å². The quantitative estimate of drug-likeness (QED) is 0.833. The van der Waals surface area contributed by atoms with Gasteiger partial charge in [0.15, 0.2) is 0 Å². The molecule has 138 valence electrons. The second-order valence-corrected chi connectivity index (χ2v) is 6.46. The highest BCUT2D eigenvalue weighted by atomic mass is 16.5. The van der Waals surface area contributed by atoms with Gasteiger partial charge in [0.25, 0.3) is 5.91 Å². The molecule has 1 fully saturated rings. The zero-order valence-corrected chi connectivity index (χ0v) is 15.4. The summed E-state index contributed by atoms with van der Waals surface area (Å²) in [4.78, 5) is 17.4. The standard InChI is InChI=1S/C20H25N3O3/c1-13-7-4-12-18(21-13)22-14-8-5-9-15(14)23-20(24)19-16(25-2)10-6-11-17(19)26-3/h4,6-7,10-12,14-15H,5,8-9H2,1-3H3,(H,21,22)(H,23,24)/t14-,15-/m0/s1. The lowest BCUT2D eigenvalue weighted by atomic mass is 10.1. The first-order valence-corrected chi connectivity index (χ1v) is 8.84. The monoisotopic (exact) mass is 355 g/mol. The summed E-state index contributed by atoms with van der Waals surface area (Å²) in [5.74, 6) is 1.66. The Morgan fingerprint density at radius 3 is 2.35 bits per heavy atom. The van der Waals surface area contributed by atoms with E-state index >= 15 is 0 Å². The minimum Gasteiger partial charge on any atom is -0.496 e. The van der Waals surface area contributed by atoms with E-state index < -0.39 is 0 Å². The third kappa shape index (κ3) is 3.90. The Hall–Kier alpha value is -2.76. The predicted octanol–water partition coefficient (Wildman–Crippen LogP) is 3.17. The van der Waals surface area contributed by atoms with Crippen LogP contribution in [-0.4, -0.2) is 37.2 Å². The molecular formula is C20H25N3O3. The molecule has 0 bridgehead atoms. The molecule has 6 heteroatoms. The molecule has 6 nitrogen and oxygen atoms in total. The predicted molar refractivity (Wildman–Crippen MR) is 101 cm³/mol. The summed E-state index contributed by atoms with van der Waals surface area (Å²) in [5, 5.41) is 6.60. The van der Waals surface area contributed by atoms with Crippen LogP contribution in [0, 0.1) is 6.92 Å². The zero-order valence-electron chi connectivity index (χ0n) is 15.4. The molecule has 1 heterocycles. The van der Waals surface area contributed by atoms with Crippen molar-refractivity contribution in [2.45, 2.75) is 38.3 Å². The third-order valence-corrected chi connectivity index (χ3v) is 4.71. The number of benzene rings is 1. The zero-order chi connectivity index (χ0) is 18.5. The summed E-state index contributed by atoms with van der Waals surface area (Å²) < 4.78 is 10.7. The number of aryl methyl sites for hydroxylation is 1. The summed E-state index contributed by atoms with van der Waals surface area (Å²) in [6.07, 6.45) is 2.97. The first-order chi connectivity index (χ1) is 12.6. The van der Waals surface area contributed by atoms with Gasteiger partial charge in [-0.25, -0.2) is 4.98 Å². The number of ether oxygens (including phenoxy) is 2. The van der Waals surface area contributed by atoms with Gasteiger partial charge in [0.2, 0.25) is 0 Å². The van der Waals surface area contributed by atoms with Crippen LogP contribution in [0.15, 0.2) is 36.4 Å². The van der Waals surface area contributed by atoms with Crippen LogP contribution in [-0.2, 0) is 0 Å². The van der Waals surface area contributed by atoms with E-state index in [1.807, 2.05) is 25.1 Å². The molecule has 2 atom stereocenters. The summed E-state index contributed by atoms with van der Waals surface area (Å²) in [5.41, 5.74) is 1.39. The van der Waals surface area contributed by atoms with Gasteiger partial charge in [-0.1, -0.05) is 12.1 Å². The Kier molecular flexibility index (Phi) is 5.61. The van der Waals surface area contributed by atoms with Crippen molar-refractivity contribution in [1.29, 1.82) is 0 Å². The molecule has 2 N–H and O–H groups in total. The molecule has 1 saturated carbocycles. The summed E-state index contributed by atoms with van der Waals surface area (Å²) in [6.45, 7) is 1.97. The van der Waals surface area contributed by atoms with Crippen LogP contribution in [0.1, 0.15) is 35.3 Å². The summed E-state index contributed by atoms with van der Waals surface area (Å²) >= 11 is 0. The number of carbonyl (C=O) groups excluding carboxylic acids is 1. The van der Waals surface area contributed by atoms with Crippen molar-refractivity contribution >= 4 is 11.7 Å². The molecule has 1 aromatic carbocycles. The van der Waals surface area contributed by atoms with Crippen LogP contribution in [0.4, 0.5) is 5.82 Å². The first-order valence-electron chi connectivity index (χ1n) is 8.84. The SMILES string of the molecule is COc1cccc(OC)c1C(=O)N[C@H]1CCC[C@@H]1Nc1cccc(C)n1. The molecule has 2 aromatic rings. The highest BCUT2D eigenvalue weighted by molar-refractivity contribution is 6.00. The van der Waals surface area contributed by atoms with Gasteiger partial charge in [-0.3, -0.25) is 4.79 Å². The van der Waals surface area contributed by atoms with Gasteiger partial charge in [0.05, 0.1) is 14.2 Å². The van der Waals surface area contributed by atoms with Crippen molar-refractivity contribution in [3.8, 4) is 11.5 Å². The molecule has 1 amide bonds. The Bertz CT molecular complexity index is 756. The largest absolute Gasteiger partial charge is 0.496 e. The molecular weight excluding hydrogens is 330 g/mol. The normalized spacial score (nSPS) is 19.0. The molecule has 0 spiro atoms. The lowest BCUT2D eigenvalue weighted by Crippen LogP contribution is -2.43. The number of hydrogen-bond acceptors (Lipinski definition) is 5. The lowest BCUT2D eigenvalue weighted by Gasteiger charge is -2.23. The highest BCUT2D eigenvalue weighted by Crippen LogP contribution is 2.29. The van der Waals surface area contributed by atoms with Gasteiger partial charge in [0.1, 0.15) is 22.9 Å². The second-order valence-electron chi connectivity index (χ2n) is 6.46. The molecule has 26 heavy (non-hydrogen) atoms. The Balaban J connectivity index is 1.74. The van der Waals surface area contributed by atoms with Crippen LogP contribution >= 0.6 is 0 Å². The van der Waals surface area contributed by atoms with Crippen LogP contribution in [0.2, 0.25) is 0 Å². The smallest absolute Gasteiger partial charge is 0.259 e. The molecule has 1 aliphatic carbocycles. The molecule has 3 rings (SSSR count). The summed E-state index contributed by atoms with van der Waals surface area (Å²) in [6, 6.07) is 11.4. The van der Waals surface area contributed by atoms with Gasteiger partial charge in [-0.05, 0) is 50.5 Å². The average Bonchev–Trinajstić information content (AvgIpc) is 3.07. The van der Waals surface area contributed by atoms with Crippen molar-refractivity contribution in [3.63, 3.8) is 0 Å². The Morgan fingerprint density at radius 2 is 1.69 bits per heavy atom. The minimum atomic E-state index is -0.185. The fraction of sp³-hybridized carbons (Fsp3) is 0.400. The average molecular weight is 355 g/mol. The molecule has 0 aliphatic heterocycles. The molecule has 1 aromatic heterocycles. The van der Waals surface area contributed by atoms with Crippen molar-refractivity contribution in [2.24, 2.45) is 0 Å². The van der Waals surface area contributed by atoms with E-state index in [4.69, 9.17) is 9.47 Å². The van der Waals surface area contributed by atoms with Crippen molar-refractivity contribution in [3.05, 3.63) is 47.7 Å². The maximum Gasteiger partial charge on any atom is 0.259 e. The van der Waals surface area contributed by atoms with Crippen molar-refractivity contribution < 1.29 is 14.3 Å². The minimum absolute atomic E-state index is 0.0273. The molecule has 0 radical (unpaired) electrons. The van der Waals surface area contributed by atoms with E-state index in [-0.39, 0.29) is 18.0 Å². The maximum atomic E-state index is 12.9. The molecule has 0 unspecified atom stereocenters.